The van der Waals surface area contributed by atoms with Crippen molar-refractivity contribution in [2.75, 3.05) is 0 Å². The molecule has 1 aromatic carbocycles. The lowest BCUT2D eigenvalue weighted by Gasteiger charge is -2.15. The maximum atomic E-state index is 12.4. The fourth-order valence-corrected chi connectivity index (χ4v) is 1.74. The van der Waals surface area contributed by atoms with Crippen LogP contribution in [0.1, 0.15) is 11.8 Å². The van der Waals surface area contributed by atoms with E-state index in [1.54, 1.807) is 24.3 Å². The van der Waals surface area contributed by atoms with Crippen LogP contribution in [0.5, 0.6) is 0 Å². The third-order valence-electron chi connectivity index (χ3n) is 2.58. The van der Waals surface area contributed by atoms with Crippen molar-refractivity contribution in [2.24, 2.45) is 7.05 Å². The maximum Gasteiger partial charge on any atom is 0.420 e. The van der Waals surface area contributed by atoms with Crippen LogP contribution in [0.3, 0.4) is 0 Å². The Hall–Kier alpha value is -1.49. The van der Waals surface area contributed by atoms with Crippen molar-refractivity contribution in [3.8, 4) is 0 Å². The van der Waals surface area contributed by atoms with Gasteiger partial charge in [-0.3, -0.25) is 0 Å². The third-order valence-corrected chi connectivity index (χ3v) is 2.58. The largest absolute Gasteiger partial charge is 0.420 e. The van der Waals surface area contributed by atoms with Gasteiger partial charge >= 0.3 is 6.18 Å². The number of hydrogen-bond acceptors (Lipinski definition) is 1. The minimum atomic E-state index is -4.64. The minimum absolute atomic E-state index is 0.145. The highest BCUT2D eigenvalue weighted by Crippen LogP contribution is 2.34. The first kappa shape index (κ1) is 11.0. The van der Waals surface area contributed by atoms with Gasteiger partial charge in [-0.05, 0) is 17.5 Å². The smallest absolute Gasteiger partial charge is 0.378 e. The van der Waals surface area contributed by atoms with E-state index in [0.717, 1.165) is 0 Å². The highest BCUT2D eigenvalue weighted by atomic mass is 19.4. The summed E-state index contributed by atoms with van der Waals surface area (Å²) in [7, 11) is 1.51. The van der Waals surface area contributed by atoms with Gasteiger partial charge in [-0.15, -0.1) is 0 Å². The number of aliphatic hydroxyl groups excluding tert-OH is 1. The van der Waals surface area contributed by atoms with E-state index < -0.39 is 12.3 Å². The van der Waals surface area contributed by atoms with Crippen LogP contribution < -0.4 is 0 Å². The first-order valence-corrected chi connectivity index (χ1v) is 4.70. The van der Waals surface area contributed by atoms with Crippen molar-refractivity contribution in [1.82, 2.24) is 4.57 Å². The Kier molecular flexibility index (Phi) is 2.42. The molecule has 2 aromatic rings. The van der Waals surface area contributed by atoms with Crippen LogP contribution in [-0.2, 0) is 7.05 Å². The first-order chi connectivity index (χ1) is 7.41. The van der Waals surface area contributed by atoms with E-state index in [1.807, 2.05) is 0 Å². The average Bonchev–Trinajstić information content (AvgIpc) is 2.54. The average molecular weight is 229 g/mol. The van der Waals surface area contributed by atoms with E-state index in [4.69, 9.17) is 0 Å². The van der Waals surface area contributed by atoms with E-state index in [-0.39, 0.29) is 5.69 Å². The van der Waals surface area contributed by atoms with Crippen LogP contribution in [-0.4, -0.2) is 15.8 Å². The fourth-order valence-electron chi connectivity index (χ4n) is 1.74. The van der Waals surface area contributed by atoms with Gasteiger partial charge in [-0.2, -0.15) is 13.2 Å². The molecule has 0 saturated heterocycles. The molecule has 0 bridgehead atoms. The van der Waals surface area contributed by atoms with E-state index in [9.17, 15) is 18.3 Å². The Morgan fingerprint density at radius 2 is 1.88 bits per heavy atom. The Balaban J connectivity index is 2.58. The molecule has 1 atom stereocenters. The standard InChI is InChI=1S/C11H10F3NO/c1-15-8-5-3-2-4-7(8)6-9(15)10(16)11(12,13)14/h2-6,10,16H,1H3/t10-/m1/s1. The molecule has 16 heavy (non-hydrogen) atoms. The zero-order valence-electron chi connectivity index (χ0n) is 8.49. The molecule has 1 N–H and O–H groups in total. The number of aliphatic hydroxyl groups is 1. The lowest BCUT2D eigenvalue weighted by atomic mass is 10.2. The number of alkyl halides is 3. The van der Waals surface area contributed by atoms with Gasteiger partial charge in [0.2, 0.25) is 0 Å². The van der Waals surface area contributed by atoms with Crippen LogP contribution in [0.4, 0.5) is 13.2 Å². The Morgan fingerprint density at radius 3 is 2.44 bits per heavy atom. The zero-order chi connectivity index (χ0) is 11.9. The lowest BCUT2D eigenvalue weighted by Crippen LogP contribution is -2.22. The van der Waals surface area contributed by atoms with Gasteiger partial charge < -0.3 is 9.67 Å². The van der Waals surface area contributed by atoms with Crippen molar-refractivity contribution in [1.29, 1.82) is 0 Å². The van der Waals surface area contributed by atoms with Gasteiger partial charge in [-0.1, -0.05) is 18.2 Å². The molecule has 0 amide bonds. The molecular formula is C11H10F3NO. The Morgan fingerprint density at radius 1 is 1.25 bits per heavy atom. The zero-order valence-corrected chi connectivity index (χ0v) is 8.49. The molecule has 2 nitrogen and oxygen atoms in total. The number of aryl methyl sites for hydroxylation is 1. The summed E-state index contributed by atoms with van der Waals surface area (Å²) in [6.07, 6.45) is -7.08. The topological polar surface area (TPSA) is 25.2 Å². The van der Waals surface area contributed by atoms with Crippen LogP contribution in [0.15, 0.2) is 30.3 Å². The molecule has 0 aliphatic heterocycles. The normalized spacial score (nSPS) is 14.3. The molecule has 0 aliphatic rings. The summed E-state index contributed by atoms with van der Waals surface area (Å²) in [5, 5.41) is 9.88. The SMILES string of the molecule is Cn1c([C@@H](O)C(F)(F)F)cc2ccccc21. The van der Waals surface area contributed by atoms with Crippen LogP contribution in [0, 0.1) is 0 Å². The van der Waals surface area contributed by atoms with Gasteiger partial charge in [0.25, 0.3) is 0 Å². The summed E-state index contributed by atoms with van der Waals surface area (Å²) in [4.78, 5) is 0. The fraction of sp³-hybridized carbons (Fsp3) is 0.273. The van der Waals surface area contributed by atoms with Crippen molar-refractivity contribution in [2.45, 2.75) is 12.3 Å². The summed E-state index contributed by atoms with van der Waals surface area (Å²) in [5.41, 5.74) is 0.523. The van der Waals surface area contributed by atoms with Crippen molar-refractivity contribution in [3.05, 3.63) is 36.0 Å². The van der Waals surface area contributed by atoms with Gasteiger partial charge in [0.1, 0.15) is 0 Å². The molecule has 0 fully saturated rings. The van der Waals surface area contributed by atoms with E-state index in [0.29, 0.717) is 10.9 Å². The molecule has 0 spiro atoms. The molecule has 2 rings (SSSR count). The summed E-state index contributed by atoms with van der Waals surface area (Å²) >= 11 is 0. The van der Waals surface area contributed by atoms with Crippen LogP contribution in [0.2, 0.25) is 0 Å². The lowest BCUT2D eigenvalue weighted by molar-refractivity contribution is -0.208. The predicted octanol–water partition coefficient (Wildman–Crippen LogP) is 2.77. The van der Waals surface area contributed by atoms with E-state index >= 15 is 0 Å². The number of benzene rings is 1. The first-order valence-electron chi connectivity index (χ1n) is 4.70. The number of hydrogen-bond donors (Lipinski definition) is 1. The number of nitrogens with zero attached hydrogens (tertiary/aromatic N) is 1. The second-order valence-corrected chi connectivity index (χ2v) is 3.63. The van der Waals surface area contributed by atoms with E-state index in [2.05, 4.69) is 0 Å². The quantitative estimate of drug-likeness (QED) is 0.799. The molecule has 0 aliphatic carbocycles. The summed E-state index contributed by atoms with van der Waals surface area (Å²) in [6.45, 7) is 0. The maximum absolute atomic E-state index is 12.4. The Bertz CT molecular complexity index is 515. The highest BCUT2D eigenvalue weighted by Gasteiger charge is 2.41. The van der Waals surface area contributed by atoms with Crippen molar-refractivity contribution in [3.63, 3.8) is 0 Å². The van der Waals surface area contributed by atoms with Crippen molar-refractivity contribution < 1.29 is 18.3 Å². The summed E-state index contributed by atoms with van der Waals surface area (Å²) < 4.78 is 38.5. The molecule has 5 heteroatoms. The number of para-hydroxylation sites is 1. The molecule has 0 unspecified atom stereocenters. The second-order valence-electron chi connectivity index (χ2n) is 3.63. The molecule has 0 radical (unpaired) electrons. The van der Waals surface area contributed by atoms with Gasteiger partial charge in [0.05, 0.1) is 5.69 Å². The Labute approximate surface area is 89.9 Å². The molecular weight excluding hydrogens is 219 g/mol. The van der Waals surface area contributed by atoms with Crippen molar-refractivity contribution >= 4 is 10.9 Å². The third kappa shape index (κ3) is 1.67. The number of aromatic nitrogens is 1. The molecule has 1 heterocycles. The molecule has 0 saturated carbocycles. The predicted molar refractivity (Wildman–Crippen MR) is 53.9 cm³/mol. The monoisotopic (exact) mass is 229 g/mol. The van der Waals surface area contributed by atoms with E-state index in [1.165, 1.54) is 17.7 Å². The molecule has 1 aromatic heterocycles. The van der Waals surface area contributed by atoms with Crippen LogP contribution >= 0.6 is 0 Å². The van der Waals surface area contributed by atoms with Gasteiger partial charge in [0.15, 0.2) is 6.10 Å². The van der Waals surface area contributed by atoms with Gasteiger partial charge in [0, 0.05) is 12.6 Å². The number of rotatable bonds is 1. The summed E-state index contributed by atoms with van der Waals surface area (Å²) in [6, 6.07) is 8.26. The van der Waals surface area contributed by atoms with Crippen LogP contribution in [0.25, 0.3) is 10.9 Å². The van der Waals surface area contributed by atoms with Gasteiger partial charge in [-0.25, -0.2) is 0 Å². The molecule has 86 valence electrons. The number of fused-ring (bicyclic) bond motifs is 1. The minimum Gasteiger partial charge on any atom is -0.378 e. The highest BCUT2D eigenvalue weighted by molar-refractivity contribution is 5.81. The second kappa shape index (κ2) is 3.52. The summed E-state index contributed by atoms with van der Waals surface area (Å²) in [5.74, 6) is 0. The number of halogens is 3.